The summed E-state index contributed by atoms with van der Waals surface area (Å²) in [7, 11) is 0. The summed E-state index contributed by atoms with van der Waals surface area (Å²) in [5.74, 6) is -0.440. The highest BCUT2D eigenvalue weighted by Crippen LogP contribution is 2.50. The average Bonchev–Trinajstić information content (AvgIpc) is 3.36. The maximum absolute atomic E-state index is 12.3. The van der Waals surface area contributed by atoms with E-state index in [0.29, 0.717) is 11.3 Å². The first-order chi connectivity index (χ1) is 12.9. The third kappa shape index (κ3) is 4.51. The lowest BCUT2D eigenvalue weighted by Gasteiger charge is -2.41. The summed E-state index contributed by atoms with van der Waals surface area (Å²) in [4.78, 5) is 19.5. The van der Waals surface area contributed by atoms with Crippen molar-refractivity contribution in [1.82, 2.24) is 4.98 Å². The van der Waals surface area contributed by atoms with Gasteiger partial charge >= 0.3 is 5.97 Å². The predicted octanol–water partition coefficient (Wildman–Crippen LogP) is 5.14. The van der Waals surface area contributed by atoms with Crippen LogP contribution in [0.4, 0.5) is 5.69 Å². The van der Waals surface area contributed by atoms with Gasteiger partial charge in [0.1, 0.15) is 0 Å². The van der Waals surface area contributed by atoms with Crippen LogP contribution in [0, 0.1) is 19.3 Å². The Hall–Kier alpha value is -1.62. The quantitative estimate of drug-likeness (QED) is 0.756. The lowest BCUT2D eigenvalue weighted by Crippen LogP contribution is -2.39. The zero-order valence-electron chi connectivity index (χ0n) is 18.6. The molecule has 1 aliphatic carbocycles. The van der Waals surface area contributed by atoms with Crippen molar-refractivity contribution in [3.8, 4) is 0 Å². The van der Waals surface area contributed by atoms with Gasteiger partial charge in [0.25, 0.3) is 0 Å². The number of aromatic nitrogens is 1. The van der Waals surface area contributed by atoms with Gasteiger partial charge in [-0.1, -0.05) is 13.8 Å². The summed E-state index contributed by atoms with van der Waals surface area (Å²) >= 11 is 0. The molecule has 1 atom stereocenters. The SMILES string of the molecule is Cc1nc(C)c([C@H](OC(C)(C)C)C(=O)O)c(N2CCC(C)(C)CC2)c1C1CC1. The Morgan fingerprint density at radius 1 is 1.18 bits per heavy atom. The summed E-state index contributed by atoms with van der Waals surface area (Å²) in [5.41, 5.74) is 4.71. The highest BCUT2D eigenvalue weighted by Gasteiger charge is 2.39. The van der Waals surface area contributed by atoms with Crippen LogP contribution >= 0.6 is 0 Å². The predicted molar refractivity (Wildman–Crippen MR) is 112 cm³/mol. The van der Waals surface area contributed by atoms with Gasteiger partial charge in [-0.3, -0.25) is 4.98 Å². The minimum absolute atomic E-state index is 0.335. The molecule has 0 spiro atoms. The second kappa shape index (κ2) is 7.33. The molecule has 1 N–H and O–H groups in total. The zero-order valence-corrected chi connectivity index (χ0v) is 18.6. The van der Waals surface area contributed by atoms with Crippen LogP contribution in [0.2, 0.25) is 0 Å². The molecule has 2 aliphatic rings. The Labute approximate surface area is 169 Å². The number of rotatable bonds is 5. The van der Waals surface area contributed by atoms with E-state index in [1.807, 2.05) is 27.7 Å². The number of nitrogens with zero attached hydrogens (tertiary/aromatic N) is 2. The van der Waals surface area contributed by atoms with E-state index < -0.39 is 17.7 Å². The molecule has 1 aliphatic heterocycles. The lowest BCUT2D eigenvalue weighted by molar-refractivity contribution is -0.160. The van der Waals surface area contributed by atoms with Gasteiger partial charge in [0.05, 0.1) is 11.3 Å². The Morgan fingerprint density at radius 3 is 2.21 bits per heavy atom. The number of carboxylic acid groups (broad SMARTS) is 1. The van der Waals surface area contributed by atoms with Crippen molar-refractivity contribution in [2.75, 3.05) is 18.0 Å². The van der Waals surface area contributed by atoms with Crippen molar-refractivity contribution < 1.29 is 14.6 Å². The monoisotopic (exact) mass is 388 g/mol. The summed E-state index contributed by atoms with van der Waals surface area (Å²) < 4.78 is 6.07. The number of piperidine rings is 1. The van der Waals surface area contributed by atoms with Gasteiger partial charge in [0, 0.05) is 35.6 Å². The molecule has 0 unspecified atom stereocenters. The minimum atomic E-state index is -1.00. The number of anilines is 1. The van der Waals surface area contributed by atoms with Crippen molar-refractivity contribution >= 4 is 11.7 Å². The van der Waals surface area contributed by atoms with Crippen LogP contribution in [-0.4, -0.2) is 34.8 Å². The molecule has 1 saturated carbocycles. The molecular formula is C23H36N2O3. The third-order valence-electron chi connectivity index (χ3n) is 6.00. The number of aryl methyl sites for hydroxylation is 2. The minimum Gasteiger partial charge on any atom is -0.479 e. The topological polar surface area (TPSA) is 62.7 Å². The molecule has 0 radical (unpaired) electrons. The number of hydrogen-bond donors (Lipinski definition) is 1. The van der Waals surface area contributed by atoms with Gasteiger partial charge < -0.3 is 14.7 Å². The smallest absolute Gasteiger partial charge is 0.337 e. The normalized spacial score (nSPS) is 20.9. The largest absolute Gasteiger partial charge is 0.479 e. The molecule has 2 heterocycles. The van der Waals surface area contributed by atoms with Crippen LogP contribution in [-0.2, 0) is 9.53 Å². The van der Waals surface area contributed by atoms with Crippen LogP contribution < -0.4 is 4.90 Å². The summed E-state index contributed by atoms with van der Waals surface area (Å²) in [6.45, 7) is 16.3. The molecule has 1 aromatic heterocycles. The van der Waals surface area contributed by atoms with E-state index >= 15 is 0 Å². The van der Waals surface area contributed by atoms with Crippen LogP contribution in [0.3, 0.4) is 0 Å². The molecule has 0 amide bonds. The zero-order chi connectivity index (χ0) is 20.9. The molecule has 0 bridgehead atoms. The van der Waals surface area contributed by atoms with Crippen molar-refractivity contribution in [3.63, 3.8) is 0 Å². The van der Waals surface area contributed by atoms with E-state index in [0.717, 1.165) is 61.4 Å². The number of hydrogen-bond acceptors (Lipinski definition) is 4. The average molecular weight is 389 g/mol. The Bertz CT molecular complexity index is 750. The van der Waals surface area contributed by atoms with Crippen molar-refractivity contribution in [1.29, 1.82) is 0 Å². The highest BCUT2D eigenvalue weighted by molar-refractivity contribution is 5.80. The summed E-state index contributed by atoms with van der Waals surface area (Å²) in [5, 5.41) is 10.1. The van der Waals surface area contributed by atoms with Crippen LogP contribution in [0.25, 0.3) is 0 Å². The summed E-state index contributed by atoms with van der Waals surface area (Å²) in [6, 6.07) is 0. The molecule has 1 saturated heterocycles. The Morgan fingerprint density at radius 2 is 1.75 bits per heavy atom. The van der Waals surface area contributed by atoms with Crippen LogP contribution in [0.15, 0.2) is 0 Å². The number of pyridine rings is 1. The lowest BCUT2D eigenvalue weighted by atomic mass is 9.82. The number of carboxylic acids is 1. The molecule has 28 heavy (non-hydrogen) atoms. The second-order valence-corrected chi connectivity index (χ2v) is 10.3. The molecule has 1 aromatic rings. The van der Waals surface area contributed by atoms with Crippen LogP contribution in [0.5, 0.6) is 0 Å². The van der Waals surface area contributed by atoms with Crippen molar-refractivity contribution in [2.45, 2.75) is 91.8 Å². The van der Waals surface area contributed by atoms with E-state index in [1.54, 1.807) is 0 Å². The van der Waals surface area contributed by atoms with Crippen molar-refractivity contribution in [3.05, 3.63) is 22.5 Å². The fraction of sp³-hybridized carbons (Fsp3) is 0.739. The molecule has 0 aromatic carbocycles. The van der Waals surface area contributed by atoms with E-state index in [4.69, 9.17) is 9.72 Å². The molecule has 3 rings (SSSR count). The molecule has 2 fully saturated rings. The first-order valence-corrected chi connectivity index (χ1v) is 10.6. The first-order valence-electron chi connectivity index (χ1n) is 10.6. The second-order valence-electron chi connectivity index (χ2n) is 10.3. The van der Waals surface area contributed by atoms with E-state index in [9.17, 15) is 9.90 Å². The third-order valence-corrected chi connectivity index (χ3v) is 6.00. The number of carbonyl (C=O) groups is 1. The molecule has 5 heteroatoms. The fourth-order valence-corrected chi connectivity index (χ4v) is 4.30. The van der Waals surface area contributed by atoms with Gasteiger partial charge in [-0.25, -0.2) is 4.79 Å². The standard InChI is InChI=1S/C23H36N2O3/c1-14-17(16-8-9-16)19(25-12-10-23(6,7)11-13-25)18(15(2)24-14)20(21(26)27)28-22(3,4)5/h16,20H,8-13H2,1-7H3,(H,26,27)/t20-/m0/s1. The van der Waals surface area contributed by atoms with Gasteiger partial charge in [0.2, 0.25) is 0 Å². The van der Waals surface area contributed by atoms with Crippen molar-refractivity contribution in [2.24, 2.45) is 5.41 Å². The van der Waals surface area contributed by atoms with Crippen LogP contribution in [0.1, 0.15) is 94.8 Å². The van der Waals surface area contributed by atoms with E-state index in [-0.39, 0.29) is 0 Å². The fourth-order valence-electron chi connectivity index (χ4n) is 4.30. The maximum Gasteiger partial charge on any atom is 0.337 e. The summed E-state index contributed by atoms with van der Waals surface area (Å²) in [6.07, 6.45) is 3.53. The number of aliphatic carboxylic acids is 1. The van der Waals surface area contributed by atoms with E-state index in [1.165, 1.54) is 5.56 Å². The Balaban J connectivity index is 2.15. The number of ether oxygens (including phenoxy) is 1. The van der Waals surface area contributed by atoms with Gasteiger partial charge in [0.15, 0.2) is 6.10 Å². The first kappa shape index (κ1) is 21.1. The molecular weight excluding hydrogens is 352 g/mol. The molecule has 5 nitrogen and oxygen atoms in total. The van der Waals surface area contributed by atoms with Gasteiger partial charge in [-0.05, 0) is 71.6 Å². The van der Waals surface area contributed by atoms with Gasteiger partial charge in [-0.15, -0.1) is 0 Å². The Kier molecular flexibility index (Phi) is 5.52. The van der Waals surface area contributed by atoms with Gasteiger partial charge in [-0.2, -0.15) is 0 Å². The maximum atomic E-state index is 12.3. The van der Waals surface area contributed by atoms with E-state index in [2.05, 4.69) is 25.7 Å². The highest BCUT2D eigenvalue weighted by atomic mass is 16.5. The molecule has 156 valence electrons.